The van der Waals surface area contributed by atoms with Gasteiger partial charge in [-0.3, -0.25) is 14.5 Å². The number of Topliss-reactive ketones (excluding diaryl/α,β-unsaturated/α-hetero) is 1. The van der Waals surface area contributed by atoms with Crippen molar-refractivity contribution in [2.75, 3.05) is 13.1 Å². The molecule has 0 amide bonds. The second-order valence-corrected chi connectivity index (χ2v) is 6.03. The normalized spacial score (nSPS) is 30.4. The zero-order valence-corrected chi connectivity index (χ0v) is 11.6. The summed E-state index contributed by atoms with van der Waals surface area (Å²) in [6, 6.07) is 8.97. The van der Waals surface area contributed by atoms with Gasteiger partial charge in [0.05, 0.1) is 11.5 Å². The van der Waals surface area contributed by atoms with Gasteiger partial charge in [0, 0.05) is 12.1 Å². The fourth-order valence-electron chi connectivity index (χ4n) is 3.39. The number of benzene rings is 1. The van der Waals surface area contributed by atoms with E-state index in [1.807, 2.05) is 42.2 Å². The van der Waals surface area contributed by atoms with E-state index in [4.69, 9.17) is 0 Å². The van der Waals surface area contributed by atoms with Crippen LogP contribution in [0.1, 0.15) is 30.1 Å². The molecule has 4 heteroatoms. The quantitative estimate of drug-likeness (QED) is 0.853. The molecule has 3 rings (SSSR count). The van der Waals surface area contributed by atoms with Crippen LogP contribution in [-0.2, 0) is 4.79 Å². The van der Waals surface area contributed by atoms with Crippen molar-refractivity contribution in [3.63, 3.8) is 0 Å². The van der Waals surface area contributed by atoms with E-state index in [-0.39, 0.29) is 11.8 Å². The molecule has 1 aliphatic carbocycles. The second kappa shape index (κ2) is 4.70. The van der Waals surface area contributed by atoms with E-state index in [1.165, 1.54) is 0 Å². The monoisotopic (exact) mass is 273 g/mol. The summed E-state index contributed by atoms with van der Waals surface area (Å²) < 4.78 is 0. The highest BCUT2D eigenvalue weighted by Gasteiger charge is 2.62. The molecule has 1 heterocycles. The van der Waals surface area contributed by atoms with Crippen molar-refractivity contribution in [1.82, 2.24) is 4.90 Å². The number of carbonyl (C=O) groups is 2. The number of carbonyl (C=O) groups excluding carboxylic acids is 1. The molecule has 0 radical (unpaired) electrons. The highest BCUT2D eigenvalue weighted by Crippen LogP contribution is 2.57. The van der Waals surface area contributed by atoms with Gasteiger partial charge in [0.15, 0.2) is 5.78 Å². The van der Waals surface area contributed by atoms with E-state index in [9.17, 15) is 14.7 Å². The summed E-state index contributed by atoms with van der Waals surface area (Å²) in [4.78, 5) is 25.9. The van der Waals surface area contributed by atoms with Crippen molar-refractivity contribution in [3.8, 4) is 0 Å². The third-order valence-electron chi connectivity index (χ3n) is 4.89. The Bertz CT molecular complexity index is 542. The lowest BCUT2D eigenvalue weighted by Crippen LogP contribution is -2.47. The molecule has 1 saturated heterocycles. The average molecular weight is 273 g/mol. The Morgan fingerprint density at radius 1 is 1.35 bits per heavy atom. The van der Waals surface area contributed by atoms with Crippen LogP contribution in [0.3, 0.4) is 0 Å². The van der Waals surface area contributed by atoms with Gasteiger partial charge in [-0.1, -0.05) is 30.3 Å². The predicted octanol–water partition coefficient (Wildman–Crippen LogP) is 2.05. The van der Waals surface area contributed by atoms with Gasteiger partial charge in [-0.05, 0) is 32.2 Å². The van der Waals surface area contributed by atoms with Gasteiger partial charge in [-0.25, -0.2) is 0 Å². The molecule has 3 unspecified atom stereocenters. The van der Waals surface area contributed by atoms with Gasteiger partial charge < -0.3 is 5.11 Å². The number of carboxylic acid groups (broad SMARTS) is 1. The lowest BCUT2D eigenvalue weighted by Gasteiger charge is -2.34. The van der Waals surface area contributed by atoms with E-state index < -0.39 is 11.4 Å². The molecule has 3 atom stereocenters. The minimum atomic E-state index is -0.702. The van der Waals surface area contributed by atoms with Crippen LogP contribution in [0.2, 0.25) is 0 Å². The Hall–Kier alpha value is -1.68. The number of rotatable bonds is 4. The van der Waals surface area contributed by atoms with Crippen LogP contribution < -0.4 is 0 Å². The molecule has 0 spiro atoms. The summed E-state index contributed by atoms with van der Waals surface area (Å²) in [6.45, 7) is 3.21. The molecule has 1 saturated carbocycles. The smallest absolute Gasteiger partial charge is 0.311 e. The molecule has 0 bridgehead atoms. The first kappa shape index (κ1) is 13.3. The number of likely N-dealkylation sites (tertiary alicyclic amines) is 1. The number of hydrogen-bond donors (Lipinski definition) is 1. The van der Waals surface area contributed by atoms with Crippen LogP contribution in [0.15, 0.2) is 30.3 Å². The van der Waals surface area contributed by atoms with Crippen LogP contribution >= 0.6 is 0 Å². The van der Waals surface area contributed by atoms with Gasteiger partial charge in [-0.2, -0.15) is 0 Å². The molecular weight excluding hydrogens is 254 g/mol. The fraction of sp³-hybridized carbons (Fsp3) is 0.500. The number of carboxylic acids is 1. The standard InChI is InChI=1S/C16H19NO3/c1-11(14(18)12-5-3-2-4-6-12)17-8-7-13-9-16(13,10-17)15(19)20/h2-6,11,13H,7-10H2,1H3,(H,19,20). The van der Waals surface area contributed by atoms with E-state index >= 15 is 0 Å². The molecule has 20 heavy (non-hydrogen) atoms. The average Bonchev–Trinajstić information content (AvgIpc) is 3.21. The van der Waals surface area contributed by atoms with Gasteiger partial charge in [0.2, 0.25) is 0 Å². The first-order valence-electron chi connectivity index (χ1n) is 7.11. The maximum Gasteiger partial charge on any atom is 0.311 e. The summed E-state index contributed by atoms with van der Waals surface area (Å²) in [6.07, 6.45) is 1.66. The van der Waals surface area contributed by atoms with Gasteiger partial charge in [0.1, 0.15) is 0 Å². The van der Waals surface area contributed by atoms with Crippen molar-refractivity contribution < 1.29 is 14.7 Å². The van der Waals surface area contributed by atoms with Crippen LogP contribution in [-0.4, -0.2) is 40.9 Å². The predicted molar refractivity (Wildman–Crippen MR) is 74.6 cm³/mol. The maximum atomic E-state index is 12.4. The Morgan fingerprint density at radius 2 is 2.05 bits per heavy atom. The van der Waals surface area contributed by atoms with Gasteiger partial charge in [-0.15, -0.1) is 0 Å². The van der Waals surface area contributed by atoms with Crippen LogP contribution in [0, 0.1) is 11.3 Å². The number of hydrogen-bond acceptors (Lipinski definition) is 3. The van der Waals surface area contributed by atoms with Crippen molar-refractivity contribution in [2.45, 2.75) is 25.8 Å². The van der Waals surface area contributed by atoms with E-state index in [0.717, 1.165) is 19.4 Å². The summed E-state index contributed by atoms with van der Waals surface area (Å²) in [5.41, 5.74) is 0.117. The van der Waals surface area contributed by atoms with Gasteiger partial charge in [0.25, 0.3) is 0 Å². The number of fused-ring (bicyclic) bond motifs is 1. The van der Waals surface area contributed by atoms with E-state index in [2.05, 4.69) is 0 Å². The molecule has 1 N–H and O–H groups in total. The van der Waals surface area contributed by atoms with Crippen LogP contribution in [0.4, 0.5) is 0 Å². The highest BCUT2D eigenvalue weighted by molar-refractivity contribution is 5.99. The van der Waals surface area contributed by atoms with E-state index in [1.54, 1.807) is 0 Å². The molecule has 2 aliphatic rings. The Balaban J connectivity index is 1.73. The summed E-state index contributed by atoms with van der Waals surface area (Å²) in [5.74, 6) is -0.313. The second-order valence-electron chi connectivity index (χ2n) is 6.03. The molecular formula is C16H19NO3. The number of aliphatic carboxylic acids is 1. The van der Waals surface area contributed by atoms with Crippen molar-refractivity contribution in [3.05, 3.63) is 35.9 Å². The van der Waals surface area contributed by atoms with Crippen molar-refractivity contribution in [1.29, 1.82) is 0 Å². The topological polar surface area (TPSA) is 57.6 Å². The largest absolute Gasteiger partial charge is 0.481 e. The Morgan fingerprint density at radius 3 is 2.70 bits per heavy atom. The number of nitrogens with zero attached hydrogens (tertiary/aromatic N) is 1. The minimum absolute atomic E-state index is 0.0743. The lowest BCUT2D eigenvalue weighted by atomic mass is 9.94. The molecule has 2 fully saturated rings. The zero-order valence-electron chi connectivity index (χ0n) is 11.6. The first-order valence-corrected chi connectivity index (χ1v) is 7.11. The summed E-state index contributed by atoms with van der Waals surface area (Å²) in [7, 11) is 0. The van der Waals surface area contributed by atoms with Gasteiger partial charge >= 0.3 is 5.97 Å². The maximum absolute atomic E-state index is 12.4. The lowest BCUT2D eigenvalue weighted by molar-refractivity contribution is -0.146. The van der Waals surface area contributed by atoms with Crippen molar-refractivity contribution >= 4 is 11.8 Å². The van der Waals surface area contributed by atoms with Crippen LogP contribution in [0.25, 0.3) is 0 Å². The Labute approximate surface area is 118 Å². The number of piperidine rings is 1. The minimum Gasteiger partial charge on any atom is -0.481 e. The first-order chi connectivity index (χ1) is 9.54. The molecule has 1 aromatic rings. The highest BCUT2D eigenvalue weighted by atomic mass is 16.4. The van der Waals surface area contributed by atoms with Crippen LogP contribution in [0.5, 0.6) is 0 Å². The fourth-order valence-corrected chi connectivity index (χ4v) is 3.39. The zero-order chi connectivity index (χ0) is 14.3. The third kappa shape index (κ3) is 2.04. The summed E-state index contributed by atoms with van der Waals surface area (Å²) in [5, 5.41) is 9.38. The molecule has 0 aromatic heterocycles. The SMILES string of the molecule is CC(C(=O)c1ccccc1)N1CCC2CC2(C(=O)O)C1. The molecule has 1 aromatic carbocycles. The Kier molecular flexibility index (Phi) is 3.13. The number of ketones is 1. The summed E-state index contributed by atoms with van der Waals surface area (Å²) >= 11 is 0. The molecule has 1 aliphatic heterocycles. The van der Waals surface area contributed by atoms with E-state index in [0.29, 0.717) is 18.0 Å². The molecule has 4 nitrogen and oxygen atoms in total. The third-order valence-corrected chi connectivity index (χ3v) is 4.89. The van der Waals surface area contributed by atoms with Crippen molar-refractivity contribution in [2.24, 2.45) is 11.3 Å². The molecule has 106 valence electrons.